The van der Waals surface area contributed by atoms with Crippen LogP contribution in [0.25, 0.3) is 11.0 Å². The first-order valence-electron chi connectivity index (χ1n) is 9.10. The lowest BCUT2D eigenvalue weighted by molar-refractivity contribution is -0.0370. The second-order valence-electron chi connectivity index (χ2n) is 8.09. The van der Waals surface area contributed by atoms with Gasteiger partial charge >= 0.3 is 7.12 Å². The van der Waals surface area contributed by atoms with Crippen LogP contribution >= 0.6 is 0 Å². The summed E-state index contributed by atoms with van der Waals surface area (Å²) in [6.45, 7) is 11.1. The molecule has 25 heavy (non-hydrogen) atoms. The predicted molar refractivity (Wildman–Crippen MR) is 96.8 cm³/mol. The Kier molecular flexibility index (Phi) is 3.94. The van der Waals surface area contributed by atoms with E-state index in [9.17, 15) is 0 Å². The van der Waals surface area contributed by atoms with Crippen molar-refractivity contribution in [2.75, 3.05) is 6.61 Å². The van der Waals surface area contributed by atoms with Crippen molar-refractivity contribution >= 4 is 23.6 Å². The van der Waals surface area contributed by atoms with Crippen LogP contribution in [-0.4, -0.2) is 39.7 Å². The van der Waals surface area contributed by atoms with Gasteiger partial charge in [0.05, 0.1) is 17.4 Å². The van der Waals surface area contributed by atoms with Gasteiger partial charge in [-0.05, 0) is 64.9 Å². The average Bonchev–Trinajstić information content (AvgIpc) is 3.06. The summed E-state index contributed by atoms with van der Waals surface area (Å²) in [7, 11) is -0.416. The molecule has 2 aliphatic rings. The Balaban J connectivity index is 1.77. The summed E-state index contributed by atoms with van der Waals surface area (Å²) in [5, 5.41) is 5.56. The van der Waals surface area contributed by atoms with E-state index in [-0.39, 0.29) is 17.4 Å². The van der Waals surface area contributed by atoms with Crippen LogP contribution in [0.4, 0.5) is 0 Å². The molecule has 0 saturated carbocycles. The van der Waals surface area contributed by atoms with Crippen LogP contribution in [0.5, 0.6) is 0 Å². The van der Waals surface area contributed by atoms with Gasteiger partial charge in [0.1, 0.15) is 0 Å². The molecule has 0 amide bonds. The van der Waals surface area contributed by atoms with E-state index in [1.54, 1.807) is 0 Å². The summed E-state index contributed by atoms with van der Waals surface area (Å²) in [4.78, 5) is 4.63. The van der Waals surface area contributed by atoms with E-state index in [0.29, 0.717) is 0 Å². The Bertz CT molecular complexity index is 780. The molecular formula is C18H26BN3O3. The molecule has 6 nitrogen and oxygen atoms in total. The molecule has 1 atom stereocenters. The number of aryl methyl sites for hydroxylation is 1. The topological polar surface area (TPSA) is 58.4 Å². The number of fused-ring (bicyclic) bond motifs is 1. The second kappa shape index (κ2) is 5.79. The zero-order valence-electron chi connectivity index (χ0n) is 15.7. The average molecular weight is 343 g/mol. The Morgan fingerprint density at radius 3 is 2.48 bits per heavy atom. The zero-order chi connectivity index (χ0) is 17.8. The van der Waals surface area contributed by atoms with Crippen LogP contribution in [0.15, 0.2) is 12.4 Å². The summed E-state index contributed by atoms with van der Waals surface area (Å²) in [6.07, 6.45) is 6.95. The van der Waals surface area contributed by atoms with E-state index in [4.69, 9.17) is 14.0 Å². The third kappa shape index (κ3) is 2.69. The highest BCUT2D eigenvalue weighted by molar-refractivity contribution is 6.65. The third-order valence-electron chi connectivity index (χ3n) is 5.78. The van der Waals surface area contributed by atoms with Crippen molar-refractivity contribution in [3.63, 3.8) is 0 Å². The highest BCUT2D eigenvalue weighted by atomic mass is 16.7. The molecule has 0 bridgehead atoms. The molecule has 2 aromatic rings. The standard InChI is InChI=1S/C18H26BN3O3/c1-12-10-20-16-13(11-21-22(16)14-8-6-7-9-23-14)15(12)19-24-17(2,3)18(4,5)25-19/h10-11,14H,6-9H2,1-5H3. The number of hydrogen-bond donors (Lipinski definition) is 0. The van der Waals surface area contributed by atoms with E-state index in [0.717, 1.165) is 47.9 Å². The molecule has 2 fully saturated rings. The van der Waals surface area contributed by atoms with E-state index in [1.165, 1.54) is 0 Å². The molecule has 134 valence electrons. The number of rotatable bonds is 2. The minimum absolute atomic E-state index is 0.0346. The van der Waals surface area contributed by atoms with Crippen molar-refractivity contribution in [2.24, 2.45) is 0 Å². The number of ether oxygens (including phenoxy) is 1. The summed E-state index contributed by atoms with van der Waals surface area (Å²) >= 11 is 0. The van der Waals surface area contributed by atoms with Gasteiger partial charge in [0, 0.05) is 18.2 Å². The molecule has 2 aliphatic heterocycles. The number of pyridine rings is 1. The fourth-order valence-electron chi connectivity index (χ4n) is 3.52. The van der Waals surface area contributed by atoms with Gasteiger partial charge in [-0.15, -0.1) is 0 Å². The maximum Gasteiger partial charge on any atom is 0.495 e. The molecule has 0 radical (unpaired) electrons. The largest absolute Gasteiger partial charge is 0.495 e. The lowest BCUT2D eigenvalue weighted by atomic mass is 9.75. The molecule has 0 aromatic carbocycles. The van der Waals surface area contributed by atoms with E-state index in [1.807, 2.05) is 24.0 Å². The van der Waals surface area contributed by atoms with E-state index in [2.05, 4.69) is 37.8 Å². The molecule has 7 heteroatoms. The first kappa shape index (κ1) is 17.0. The monoisotopic (exact) mass is 343 g/mol. The smallest absolute Gasteiger partial charge is 0.399 e. The normalized spacial score (nSPS) is 25.6. The van der Waals surface area contributed by atoms with E-state index < -0.39 is 7.12 Å². The van der Waals surface area contributed by atoms with Crippen molar-refractivity contribution in [3.05, 3.63) is 18.0 Å². The van der Waals surface area contributed by atoms with Crippen molar-refractivity contribution < 1.29 is 14.0 Å². The Morgan fingerprint density at radius 1 is 1.12 bits per heavy atom. The molecule has 0 spiro atoms. The molecule has 4 heterocycles. The van der Waals surface area contributed by atoms with Crippen molar-refractivity contribution in [1.29, 1.82) is 0 Å². The minimum atomic E-state index is -0.416. The quantitative estimate of drug-likeness (QED) is 0.785. The van der Waals surface area contributed by atoms with Crippen LogP contribution in [-0.2, 0) is 14.0 Å². The van der Waals surface area contributed by atoms with Gasteiger partial charge in [0.15, 0.2) is 11.9 Å². The van der Waals surface area contributed by atoms with Gasteiger partial charge in [-0.2, -0.15) is 5.10 Å². The summed E-state index contributed by atoms with van der Waals surface area (Å²) in [5.74, 6) is 0. The minimum Gasteiger partial charge on any atom is -0.399 e. The van der Waals surface area contributed by atoms with E-state index >= 15 is 0 Å². The van der Waals surface area contributed by atoms with Gasteiger partial charge in [0.25, 0.3) is 0 Å². The molecule has 4 rings (SSSR count). The summed E-state index contributed by atoms with van der Waals surface area (Å²) in [5.41, 5.74) is 2.16. The predicted octanol–water partition coefficient (Wildman–Crippen LogP) is 2.74. The fourth-order valence-corrected chi connectivity index (χ4v) is 3.52. The molecule has 1 unspecified atom stereocenters. The van der Waals surface area contributed by atoms with Crippen LogP contribution in [0, 0.1) is 6.92 Å². The van der Waals surface area contributed by atoms with Gasteiger partial charge in [-0.1, -0.05) is 0 Å². The van der Waals surface area contributed by atoms with Crippen LogP contribution in [0.3, 0.4) is 0 Å². The fraction of sp³-hybridized carbons (Fsp3) is 0.667. The molecule has 0 N–H and O–H groups in total. The van der Waals surface area contributed by atoms with Crippen molar-refractivity contribution in [2.45, 2.75) is 71.3 Å². The zero-order valence-corrected chi connectivity index (χ0v) is 15.7. The third-order valence-corrected chi connectivity index (χ3v) is 5.78. The Morgan fingerprint density at radius 2 is 1.84 bits per heavy atom. The lowest BCUT2D eigenvalue weighted by Gasteiger charge is -2.32. The lowest BCUT2D eigenvalue weighted by Crippen LogP contribution is -2.41. The second-order valence-corrected chi connectivity index (χ2v) is 8.09. The van der Waals surface area contributed by atoms with Crippen LogP contribution < -0.4 is 5.46 Å². The van der Waals surface area contributed by atoms with Gasteiger partial charge in [-0.3, -0.25) is 0 Å². The summed E-state index contributed by atoms with van der Waals surface area (Å²) in [6, 6.07) is 0. The number of nitrogens with zero attached hydrogens (tertiary/aromatic N) is 3. The highest BCUT2D eigenvalue weighted by Crippen LogP contribution is 2.37. The molecular weight excluding hydrogens is 317 g/mol. The summed E-state index contributed by atoms with van der Waals surface area (Å²) < 4.78 is 20.3. The van der Waals surface area contributed by atoms with Gasteiger partial charge in [0.2, 0.25) is 0 Å². The number of aromatic nitrogens is 3. The maximum absolute atomic E-state index is 6.28. The number of hydrogen-bond acceptors (Lipinski definition) is 5. The maximum atomic E-state index is 6.28. The highest BCUT2D eigenvalue weighted by Gasteiger charge is 2.52. The first-order chi connectivity index (χ1) is 11.8. The molecule has 0 aliphatic carbocycles. The van der Waals surface area contributed by atoms with Crippen molar-refractivity contribution in [1.82, 2.24) is 14.8 Å². The molecule has 2 saturated heterocycles. The van der Waals surface area contributed by atoms with Gasteiger partial charge < -0.3 is 14.0 Å². The van der Waals surface area contributed by atoms with Gasteiger partial charge in [-0.25, -0.2) is 9.67 Å². The first-order valence-corrected chi connectivity index (χ1v) is 9.10. The van der Waals surface area contributed by atoms with Crippen LogP contribution in [0.2, 0.25) is 0 Å². The van der Waals surface area contributed by atoms with Crippen molar-refractivity contribution in [3.8, 4) is 0 Å². The Hall–Kier alpha value is -1.44. The SMILES string of the molecule is Cc1cnc2c(cnn2C2CCCCO2)c1B1OC(C)(C)C(C)(C)O1. The Labute approximate surface area is 149 Å². The molecule has 2 aromatic heterocycles. The van der Waals surface area contributed by atoms with Crippen LogP contribution in [0.1, 0.15) is 58.7 Å².